The summed E-state index contributed by atoms with van der Waals surface area (Å²) in [6.45, 7) is 5.96. The molecule has 5 rings (SSSR count). The number of Topliss-reactive ketones (excluding diaryl/α,β-unsaturated/α-hetero) is 1. The van der Waals surface area contributed by atoms with Gasteiger partial charge < -0.3 is 4.74 Å². The van der Waals surface area contributed by atoms with E-state index >= 15 is 0 Å². The third-order valence-electron chi connectivity index (χ3n) is 9.52. The number of halogens is 1. The van der Waals surface area contributed by atoms with Crippen LogP contribution in [0.1, 0.15) is 69.7 Å². The Bertz CT molecular complexity index is 1090. The van der Waals surface area contributed by atoms with Gasteiger partial charge in [0.25, 0.3) is 0 Å². The first-order chi connectivity index (χ1) is 15.6. The molecule has 4 nitrogen and oxygen atoms in total. The fourth-order valence-corrected chi connectivity index (χ4v) is 8.10. The van der Waals surface area contributed by atoms with Crippen LogP contribution < -0.4 is 0 Å². The standard InChI is InChI=1S/C28H31ClO4/c1-17(30)28(33-25(32)18-7-5-4-6-8-18)14-11-22-20-16-24(29)23-15-19(31)9-12-26(23,2)21(20)10-13-27(22,28)3/h4-8,15-16,20-22H,9-14H2,1-3H3/t20-,21+,22+,26-,27+,28+/m1/s1. The lowest BCUT2D eigenvalue weighted by molar-refractivity contribution is -0.158. The average Bonchev–Trinajstić information content (AvgIpc) is 3.09. The Morgan fingerprint density at radius 1 is 1.03 bits per heavy atom. The van der Waals surface area contributed by atoms with E-state index in [-0.39, 0.29) is 28.8 Å². The molecular weight excluding hydrogens is 436 g/mol. The van der Waals surface area contributed by atoms with Crippen molar-refractivity contribution < 1.29 is 19.1 Å². The van der Waals surface area contributed by atoms with E-state index in [9.17, 15) is 14.4 Å². The number of carbonyl (C=O) groups is 3. The van der Waals surface area contributed by atoms with Gasteiger partial charge in [0.2, 0.25) is 0 Å². The van der Waals surface area contributed by atoms with Gasteiger partial charge in [-0.1, -0.05) is 49.7 Å². The van der Waals surface area contributed by atoms with Crippen molar-refractivity contribution in [1.82, 2.24) is 0 Å². The van der Waals surface area contributed by atoms with E-state index in [4.69, 9.17) is 16.3 Å². The van der Waals surface area contributed by atoms with Crippen molar-refractivity contribution in [1.29, 1.82) is 0 Å². The molecule has 0 saturated heterocycles. The molecule has 0 aromatic heterocycles. The second-order valence-electron chi connectivity index (χ2n) is 10.9. The van der Waals surface area contributed by atoms with Gasteiger partial charge in [-0.15, -0.1) is 0 Å². The Morgan fingerprint density at radius 2 is 1.73 bits per heavy atom. The fourth-order valence-electron chi connectivity index (χ4n) is 7.68. The molecule has 2 saturated carbocycles. The molecule has 0 bridgehead atoms. The van der Waals surface area contributed by atoms with E-state index in [0.29, 0.717) is 29.4 Å². The molecular formula is C28H31ClO4. The lowest BCUT2D eigenvalue weighted by Crippen LogP contribution is -2.58. The number of allylic oxidation sites excluding steroid dienone is 4. The number of hydrogen-bond donors (Lipinski definition) is 0. The lowest BCUT2D eigenvalue weighted by atomic mass is 9.48. The van der Waals surface area contributed by atoms with Gasteiger partial charge in [0, 0.05) is 16.9 Å². The predicted octanol–water partition coefficient (Wildman–Crippen LogP) is 6.05. The maximum absolute atomic E-state index is 13.2. The molecule has 1 aromatic rings. The van der Waals surface area contributed by atoms with Crippen molar-refractivity contribution in [3.8, 4) is 0 Å². The van der Waals surface area contributed by atoms with Crippen LogP contribution in [0.2, 0.25) is 0 Å². The van der Waals surface area contributed by atoms with E-state index < -0.39 is 17.0 Å². The number of fused-ring (bicyclic) bond motifs is 5. The topological polar surface area (TPSA) is 60.4 Å². The second kappa shape index (κ2) is 7.66. The number of esters is 1. The highest BCUT2D eigenvalue weighted by Crippen LogP contribution is 2.68. The summed E-state index contributed by atoms with van der Waals surface area (Å²) in [5, 5.41) is 0.678. The third kappa shape index (κ3) is 3.13. The molecule has 0 heterocycles. The Morgan fingerprint density at radius 3 is 2.42 bits per heavy atom. The lowest BCUT2D eigenvalue weighted by Gasteiger charge is -2.57. The van der Waals surface area contributed by atoms with E-state index in [1.54, 1.807) is 37.3 Å². The average molecular weight is 467 g/mol. The molecule has 0 aliphatic heterocycles. The first-order valence-corrected chi connectivity index (χ1v) is 12.4. The largest absolute Gasteiger partial charge is 0.447 e. The maximum atomic E-state index is 13.2. The fraction of sp³-hybridized carbons (Fsp3) is 0.536. The smallest absolute Gasteiger partial charge is 0.339 e. The van der Waals surface area contributed by atoms with Crippen molar-refractivity contribution in [2.24, 2.45) is 28.6 Å². The van der Waals surface area contributed by atoms with Crippen molar-refractivity contribution in [3.63, 3.8) is 0 Å². The number of ether oxygens (including phenoxy) is 1. The first-order valence-electron chi connectivity index (χ1n) is 12.0. The Balaban J connectivity index is 1.53. The van der Waals surface area contributed by atoms with Crippen molar-refractivity contribution in [3.05, 3.63) is 58.7 Å². The van der Waals surface area contributed by atoms with E-state index in [1.165, 1.54) is 0 Å². The highest BCUT2D eigenvalue weighted by Gasteiger charge is 2.67. The molecule has 33 heavy (non-hydrogen) atoms. The number of benzene rings is 1. The van der Waals surface area contributed by atoms with Crippen molar-refractivity contribution in [2.45, 2.75) is 64.9 Å². The van der Waals surface area contributed by atoms with E-state index in [1.807, 2.05) is 6.07 Å². The van der Waals surface area contributed by atoms with E-state index in [2.05, 4.69) is 19.9 Å². The monoisotopic (exact) mass is 466 g/mol. The molecule has 2 fully saturated rings. The summed E-state index contributed by atoms with van der Waals surface area (Å²) >= 11 is 6.79. The Labute approximate surface area is 200 Å². The SMILES string of the molecule is CC(=O)[C@@]1(OC(=O)c2ccccc2)CC[C@H]2[C@@H]3C=C(Cl)C4=CC(=O)CC[C@]4(C)[C@H]3CC[C@@]21C. The minimum absolute atomic E-state index is 0.0730. The van der Waals surface area contributed by atoms with Gasteiger partial charge in [-0.25, -0.2) is 4.79 Å². The van der Waals surface area contributed by atoms with Gasteiger partial charge in [0.1, 0.15) is 0 Å². The normalized spacial score (nSPS) is 39.5. The molecule has 0 unspecified atom stereocenters. The zero-order chi connectivity index (χ0) is 23.6. The first kappa shape index (κ1) is 22.6. The highest BCUT2D eigenvalue weighted by atomic mass is 35.5. The summed E-state index contributed by atoms with van der Waals surface area (Å²) in [6.07, 6.45) is 8.33. The van der Waals surface area contributed by atoms with Gasteiger partial charge in [-0.3, -0.25) is 9.59 Å². The molecule has 0 spiro atoms. The van der Waals surface area contributed by atoms with E-state index in [0.717, 1.165) is 31.3 Å². The summed E-state index contributed by atoms with van der Waals surface area (Å²) in [6, 6.07) is 8.91. The molecule has 4 aliphatic carbocycles. The number of carbonyl (C=O) groups excluding carboxylic acids is 3. The zero-order valence-electron chi connectivity index (χ0n) is 19.5. The van der Waals surface area contributed by atoms with Crippen LogP contribution in [0, 0.1) is 28.6 Å². The molecule has 5 heteroatoms. The molecule has 1 aromatic carbocycles. The molecule has 0 radical (unpaired) electrons. The number of hydrogen-bond acceptors (Lipinski definition) is 4. The summed E-state index contributed by atoms with van der Waals surface area (Å²) < 4.78 is 6.17. The summed E-state index contributed by atoms with van der Waals surface area (Å²) in [7, 11) is 0. The predicted molar refractivity (Wildman–Crippen MR) is 127 cm³/mol. The van der Waals surface area contributed by atoms with Crippen LogP contribution in [-0.4, -0.2) is 23.1 Å². The minimum Gasteiger partial charge on any atom is -0.447 e. The van der Waals surface area contributed by atoms with Gasteiger partial charge in [-0.05, 0) is 86.0 Å². The summed E-state index contributed by atoms with van der Waals surface area (Å²) in [4.78, 5) is 38.4. The van der Waals surface area contributed by atoms with Crippen LogP contribution in [0.5, 0.6) is 0 Å². The van der Waals surface area contributed by atoms with Crippen LogP contribution in [0.25, 0.3) is 0 Å². The van der Waals surface area contributed by atoms with Gasteiger partial charge >= 0.3 is 5.97 Å². The molecule has 0 amide bonds. The van der Waals surface area contributed by atoms with Gasteiger partial charge in [0.05, 0.1) is 5.56 Å². The van der Waals surface area contributed by atoms with Crippen LogP contribution in [0.4, 0.5) is 0 Å². The minimum atomic E-state index is -1.13. The van der Waals surface area contributed by atoms with Gasteiger partial charge in [0.15, 0.2) is 17.2 Å². The van der Waals surface area contributed by atoms with Crippen LogP contribution in [0.15, 0.2) is 53.1 Å². The molecule has 174 valence electrons. The summed E-state index contributed by atoms with van der Waals surface area (Å²) in [5.74, 6) is 0.394. The molecule has 6 atom stereocenters. The zero-order valence-corrected chi connectivity index (χ0v) is 20.3. The molecule has 4 aliphatic rings. The third-order valence-corrected chi connectivity index (χ3v) is 9.85. The summed E-state index contributed by atoms with van der Waals surface area (Å²) in [5.41, 5.74) is -0.269. The highest BCUT2D eigenvalue weighted by molar-refractivity contribution is 6.32. The Kier molecular flexibility index (Phi) is 5.24. The number of ketones is 2. The number of rotatable bonds is 3. The Hall–Kier alpha value is -2.20. The van der Waals surface area contributed by atoms with Crippen LogP contribution >= 0.6 is 11.6 Å². The quantitative estimate of drug-likeness (QED) is 0.509. The van der Waals surface area contributed by atoms with Crippen LogP contribution in [0.3, 0.4) is 0 Å². The van der Waals surface area contributed by atoms with Crippen molar-refractivity contribution in [2.75, 3.05) is 0 Å². The van der Waals surface area contributed by atoms with Gasteiger partial charge in [-0.2, -0.15) is 0 Å². The molecule has 0 N–H and O–H groups in total. The van der Waals surface area contributed by atoms with Crippen LogP contribution in [-0.2, 0) is 14.3 Å². The second-order valence-corrected chi connectivity index (χ2v) is 11.3. The maximum Gasteiger partial charge on any atom is 0.339 e. The van der Waals surface area contributed by atoms with Crippen molar-refractivity contribution >= 4 is 29.1 Å².